The van der Waals surface area contributed by atoms with Gasteiger partial charge in [0.25, 0.3) is 0 Å². The summed E-state index contributed by atoms with van der Waals surface area (Å²) < 4.78 is 10.7. The zero-order valence-electron chi connectivity index (χ0n) is 11.6. The summed E-state index contributed by atoms with van der Waals surface area (Å²) in [5.74, 6) is 2.65. The minimum atomic E-state index is 0.0343. The first kappa shape index (κ1) is 14.1. The summed E-state index contributed by atoms with van der Waals surface area (Å²) in [6.45, 7) is 1.52. The fraction of sp³-hybridized carbons (Fsp3) is 0.312. The van der Waals surface area contributed by atoms with Gasteiger partial charge in [-0.3, -0.25) is 4.79 Å². The molecule has 0 aliphatic carbocycles. The highest BCUT2D eigenvalue weighted by Crippen LogP contribution is 2.34. The summed E-state index contributed by atoms with van der Waals surface area (Å²) in [4.78, 5) is 14.1. The quantitative estimate of drug-likeness (QED) is 0.813. The van der Waals surface area contributed by atoms with Gasteiger partial charge in [0, 0.05) is 24.9 Å². The van der Waals surface area contributed by atoms with Gasteiger partial charge < -0.3 is 13.7 Å². The van der Waals surface area contributed by atoms with Crippen molar-refractivity contribution in [3.05, 3.63) is 54.4 Å². The zero-order valence-corrected chi connectivity index (χ0v) is 12.4. The van der Waals surface area contributed by atoms with Crippen LogP contribution in [-0.2, 0) is 4.79 Å². The molecule has 1 fully saturated rings. The molecular weight excluding hydrogens is 286 g/mol. The molecule has 0 radical (unpaired) electrons. The van der Waals surface area contributed by atoms with Crippen molar-refractivity contribution in [1.29, 1.82) is 0 Å². The number of furan rings is 2. The lowest BCUT2D eigenvalue weighted by molar-refractivity contribution is -0.125. The molecule has 3 heterocycles. The van der Waals surface area contributed by atoms with Gasteiger partial charge in [0.05, 0.1) is 17.8 Å². The summed E-state index contributed by atoms with van der Waals surface area (Å²) in [5.41, 5.74) is 0. The van der Waals surface area contributed by atoms with Gasteiger partial charge in [-0.15, -0.1) is 11.8 Å². The van der Waals surface area contributed by atoms with E-state index in [2.05, 4.69) is 0 Å². The van der Waals surface area contributed by atoms with Crippen molar-refractivity contribution < 1.29 is 13.6 Å². The number of hydrogen-bond acceptors (Lipinski definition) is 4. The first-order valence-electron chi connectivity index (χ1n) is 6.98. The van der Waals surface area contributed by atoms with Crippen LogP contribution >= 0.6 is 11.8 Å². The van der Waals surface area contributed by atoms with Crippen molar-refractivity contribution in [2.75, 3.05) is 18.8 Å². The van der Waals surface area contributed by atoms with Crippen LogP contribution in [0.5, 0.6) is 0 Å². The second kappa shape index (κ2) is 6.72. The Kier molecular flexibility index (Phi) is 4.50. The Balaban J connectivity index is 1.58. The van der Waals surface area contributed by atoms with Crippen LogP contribution in [0.2, 0.25) is 0 Å². The second-order valence-electron chi connectivity index (χ2n) is 4.84. The molecule has 0 bridgehead atoms. The number of rotatable bonds is 3. The van der Waals surface area contributed by atoms with Crippen molar-refractivity contribution in [1.82, 2.24) is 4.90 Å². The lowest BCUT2D eigenvalue weighted by Gasteiger charge is -2.17. The molecule has 1 saturated heterocycles. The summed E-state index contributed by atoms with van der Waals surface area (Å²) in [6.07, 6.45) is 7.51. The lowest BCUT2D eigenvalue weighted by Crippen LogP contribution is -2.31. The van der Waals surface area contributed by atoms with Crippen LogP contribution in [0.15, 0.2) is 51.7 Å². The SMILES string of the molecule is O=C(C=Cc1ccco1)N1CCSC(c2ccco2)CC1. The summed E-state index contributed by atoms with van der Waals surface area (Å²) in [7, 11) is 0. The summed E-state index contributed by atoms with van der Waals surface area (Å²) >= 11 is 1.85. The zero-order chi connectivity index (χ0) is 14.5. The molecule has 1 atom stereocenters. The van der Waals surface area contributed by atoms with Crippen LogP contribution in [0.25, 0.3) is 6.08 Å². The van der Waals surface area contributed by atoms with E-state index in [-0.39, 0.29) is 5.91 Å². The molecule has 0 saturated carbocycles. The van der Waals surface area contributed by atoms with Gasteiger partial charge in [-0.05, 0) is 36.8 Å². The highest BCUT2D eigenvalue weighted by atomic mass is 32.2. The van der Waals surface area contributed by atoms with Gasteiger partial charge in [0.1, 0.15) is 11.5 Å². The van der Waals surface area contributed by atoms with E-state index in [1.54, 1.807) is 30.7 Å². The van der Waals surface area contributed by atoms with Crippen LogP contribution in [0.4, 0.5) is 0 Å². The Morgan fingerprint density at radius 3 is 2.86 bits per heavy atom. The summed E-state index contributed by atoms with van der Waals surface area (Å²) in [6, 6.07) is 7.55. The van der Waals surface area contributed by atoms with E-state index in [1.165, 1.54) is 0 Å². The highest BCUT2D eigenvalue weighted by Gasteiger charge is 2.22. The van der Waals surface area contributed by atoms with E-state index < -0.39 is 0 Å². The topological polar surface area (TPSA) is 46.6 Å². The van der Waals surface area contributed by atoms with Crippen LogP contribution in [-0.4, -0.2) is 29.6 Å². The third kappa shape index (κ3) is 3.61. The fourth-order valence-corrected chi connectivity index (χ4v) is 3.52. The van der Waals surface area contributed by atoms with E-state index in [1.807, 2.05) is 34.9 Å². The molecule has 3 rings (SSSR count). The third-order valence-electron chi connectivity index (χ3n) is 3.45. The molecule has 0 aromatic carbocycles. The Bertz CT molecular complexity index is 589. The lowest BCUT2D eigenvalue weighted by atomic mass is 10.2. The average Bonchev–Trinajstić information content (AvgIpc) is 3.15. The number of carbonyl (C=O) groups excluding carboxylic acids is 1. The average molecular weight is 303 g/mol. The molecule has 4 nitrogen and oxygen atoms in total. The molecule has 21 heavy (non-hydrogen) atoms. The number of thioether (sulfide) groups is 1. The molecule has 110 valence electrons. The predicted octanol–water partition coefficient (Wildman–Crippen LogP) is 3.59. The monoisotopic (exact) mass is 303 g/mol. The van der Waals surface area contributed by atoms with Gasteiger partial charge in [-0.25, -0.2) is 0 Å². The Morgan fingerprint density at radius 1 is 1.24 bits per heavy atom. The number of hydrogen-bond donors (Lipinski definition) is 0. The van der Waals surface area contributed by atoms with Crippen LogP contribution < -0.4 is 0 Å². The van der Waals surface area contributed by atoms with Gasteiger partial charge in [0.2, 0.25) is 5.91 Å². The molecular formula is C16H17NO3S. The van der Waals surface area contributed by atoms with Crippen molar-refractivity contribution in [2.24, 2.45) is 0 Å². The molecule has 1 unspecified atom stereocenters. The smallest absolute Gasteiger partial charge is 0.246 e. The van der Waals surface area contributed by atoms with Gasteiger partial charge >= 0.3 is 0 Å². The maximum absolute atomic E-state index is 12.2. The molecule has 0 N–H and O–H groups in total. The number of amides is 1. The Hall–Kier alpha value is -1.88. The van der Waals surface area contributed by atoms with E-state index in [9.17, 15) is 4.79 Å². The molecule has 1 aliphatic heterocycles. The van der Waals surface area contributed by atoms with Crippen molar-refractivity contribution in [3.63, 3.8) is 0 Å². The van der Waals surface area contributed by atoms with Crippen molar-refractivity contribution >= 4 is 23.7 Å². The van der Waals surface area contributed by atoms with E-state index >= 15 is 0 Å². The maximum Gasteiger partial charge on any atom is 0.246 e. The molecule has 2 aromatic rings. The first-order valence-corrected chi connectivity index (χ1v) is 8.03. The molecule has 2 aromatic heterocycles. The largest absolute Gasteiger partial charge is 0.468 e. The maximum atomic E-state index is 12.2. The van der Waals surface area contributed by atoms with Crippen LogP contribution in [0.3, 0.4) is 0 Å². The Labute approximate surface area is 127 Å². The van der Waals surface area contributed by atoms with Crippen molar-refractivity contribution in [2.45, 2.75) is 11.7 Å². The molecule has 1 aliphatic rings. The predicted molar refractivity (Wildman–Crippen MR) is 82.8 cm³/mol. The van der Waals surface area contributed by atoms with Crippen LogP contribution in [0.1, 0.15) is 23.2 Å². The number of nitrogens with zero attached hydrogens (tertiary/aromatic N) is 1. The van der Waals surface area contributed by atoms with Crippen molar-refractivity contribution in [3.8, 4) is 0 Å². The van der Waals surface area contributed by atoms with E-state index in [0.29, 0.717) is 11.0 Å². The normalized spacial score (nSPS) is 19.8. The van der Waals surface area contributed by atoms with Gasteiger partial charge in [-0.2, -0.15) is 0 Å². The van der Waals surface area contributed by atoms with E-state index in [0.717, 1.165) is 31.0 Å². The molecule has 5 heteroatoms. The minimum absolute atomic E-state index is 0.0343. The first-order chi connectivity index (χ1) is 10.3. The van der Waals surface area contributed by atoms with Crippen LogP contribution in [0, 0.1) is 0 Å². The standard InChI is InChI=1S/C16H17NO3S/c18-16(6-5-13-3-1-10-19-13)17-8-7-15(21-12-9-17)14-4-2-11-20-14/h1-6,10-11,15H,7-9,12H2. The van der Waals surface area contributed by atoms with Gasteiger partial charge in [-0.1, -0.05) is 0 Å². The molecule has 0 spiro atoms. The minimum Gasteiger partial charge on any atom is -0.468 e. The summed E-state index contributed by atoms with van der Waals surface area (Å²) in [5, 5.41) is 0.340. The highest BCUT2D eigenvalue weighted by molar-refractivity contribution is 7.99. The van der Waals surface area contributed by atoms with Gasteiger partial charge in [0.15, 0.2) is 0 Å². The van der Waals surface area contributed by atoms with E-state index in [4.69, 9.17) is 8.83 Å². The third-order valence-corrected chi connectivity index (χ3v) is 4.74. The molecule has 1 amide bonds. The number of carbonyl (C=O) groups is 1. The Morgan fingerprint density at radius 2 is 2.10 bits per heavy atom. The fourth-order valence-electron chi connectivity index (χ4n) is 2.34. The second-order valence-corrected chi connectivity index (χ2v) is 6.15.